The predicted molar refractivity (Wildman–Crippen MR) is 222 cm³/mol. The average Bonchev–Trinajstić information content (AvgIpc) is 3.20. The largest absolute Gasteiger partial charge is 0.379 e. The molecule has 14 heteroatoms. The van der Waals surface area contributed by atoms with Gasteiger partial charge >= 0.3 is 0 Å². The van der Waals surface area contributed by atoms with Crippen LogP contribution in [-0.4, -0.2) is 127 Å². The van der Waals surface area contributed by atoms with Crippen LogP contribution in [0.4, 0.5) is 5.69 Å². The van der Waals surface area contributed by atoms with Crippen LogP contribution in [0, 0.1) is 11.3 Å². The highest BCUT2D eigenvalue weighted by Gasteiger charge is 2.19. The first-order valence-electron chi connectivity index (χ1n) is 19.3. The quantitative estimate of drug-likeness (QED) is 0.0849. The average molecular weight is 810 g/mol. The highest BCUT2D eigenvalue weighted by molar-refractivity contribution is 6.43. The third-order valence-corrected chi connectivity index (χ3v) is 10.1. The molecule has 0 aromatic heterocycles. The zero-order valence-corrected chi connectivity index (χ0v) is 33.8. The Hall–Kier alpha value is -4.22. The monoisotopic (exact) mass is 808 g/mol. The van der Waals surface area contributed by atoms with Gasteiger partial charge in [0, 0.05) is 77.6 Å². The van der Waals surface area contributed by atoms with E-state index >= 15 is 0 Å². The van der Waals surface area contributed by atoms with E-state index < -0.39 is 0 Å². The highest BCUT2D eigenvalue weighted by Crippen LogP contribution is 2.33. The molecule has 0 atom stereocenters. The molecule has 56 heavy (non-hydrogen) atoms. The van der Waals surface area contributed by atoms with Gasteiger partial charge in [-0.3, -0.25) is 19.3 Å². The van der Waals surface area contributed by atoms with Crippen molar-refractivity contribution >= 4 is 63.5 Å². The molecule has 3 amide bonds. The minimum atomic E-state index is -0.287. The van der Waals surface area contributed by atoms with Crippen LogP contribution >= 0.6 is 23.2 Å². The first-order chi connectivity index (χ1) is 27.2. The van der Waals surface area contributed by atoms with Gasteiger partial charge in [0.2, 0.25) is 11.8 Å². The van der Waals surface area contributed by atoms with Crippen LogP contribution in [0.15, 0.2) is 60.7 Å². The Morgan fingerprint density at radius 2 is 1.50 bits per heavy atom. The van der Waals surface area contributed by atoms with Crippen molar-refractivity contribution in [2.24, 2.45) is 0 Å². The summed E-state index contributed by atoms with van der Waals surface area (Å²) in [5.41, 5.74) is 2.42. The fourth-order valence-electron chi connectivity index (χ4n) is 6.06. The van der Waals surface area contributed by atoms with E-state index in [9.17, 15) is 14.4 Å². The lowest BCUT2D eigenvalue weighted by Gasteiger charge is -2.36. The summed E-state index contributed by atoms with van der Waals surface area (Å²) in [6, 6.07) is 19.2. The van der Waals surface area contributed by atoms with Gasteiger partial charge in [-0.05, 0) is 85.0 Å². The number of ether oxygens (including phenoxy) is 3. The number of hydrogen-bond donors (Lipinski definition) is 2. The molecule has 4 rings (SSSR count). The highest BCUT2D eigenvalue weighted by atomic mass is 35.5. The molecule has 3 aromatic carbocycles. The van der Waals surface area contributed by atoms with Crippen molar-refractivity contribution in [1.29, 1.82) is 5.26 Å². The van der Waals surface area contributed by atoms with E-state index in [-0.39, 0.29) is 24.3 Å². The Bertz CT molecular complexity index is 1780. The summed E-state index contributed by atoms with van der Waals surface area (Å²) in [6.45, 7) is 8.60. The van der Waals surface area contributed by atoms with Crippen molar-refractivity contribution in [3.63, 3.8) is 0 Å². The Labute approximate surface area is 340 Å². The van der Waals surface area contributed by atoms with Gasteiger partial charge in [0.25, 0.3) is 5.91 Å². The summed E-state index contributed by atoms with van der Waals surface area (Å²) < 4.78 is 16.3. The molecule has 1 heterocycles. The van der Waals surface area contributed by atoms with Gasteiger partial charge in [-0.15, -0.1) is 0 Å². The van der Waals surface area contributed by atoms with E-state index in [2.05, 4.69) is 26.5 Å². The number of benzene rings is 3. The molecule has 1 saturated heterocycles. The Morgan fingerprint density at radius 3 is 2.25 bits per heavy atom. The Balaban J connectivity index is 1.06. The molecular weight excluding hydrogens is 755 g/mol. The van der Waals surface area contributed by atoms with Crippen LogP contribution in [0.2, 0.25) is 10.0 Å². The topological polar surface area (TPSA) is 136 Å². The number of carbonyl (C=O) groups is 3. The second-order valence-electron chi connectivity index (χ2n) is 13.5. The number of amides is 3. The number of nitrogens with zero attached hydrogens (tertiary/aromatic N) is 4. The third-order valence-electron chi connectivity index (χ3n) is 9.24. The maximum atomic E-state index is 12.9. The SMILES string of the molecule is CN(CC(=O)NCCCOCCOCCOCCCC#N)C(=O)/C=C/c1ccc2cc(C(=O)NCCCCN3CCN(c4cccc(Cl)c4Cl)CC3)ccc2c1. The van der Waals surface area contributed by atoms with E-state index in [1.807, 2.05) is 48.5 Å². The van der Waals surface area contributed by atoms with Crippen LogP contribution in [0.5, 0.6) is 0 Å². The van der Waals surface area contributed by atoms with Crippen LogP contribution in [0.25, 0.3) is 16.8 Å². The molecule has 0 bridgehead atoms. The summed E-state index contributed by atoms with van der Waals surface area (Å²) in [7, 11) is 1.59. The number of nitrogens with one attached hydrogen (secondary N) is 2. The lowest BCUT2D eigenvalue weighted by molar-refractivity contribution is -0.131. The number of unbranched alkanes of at least 4 members (excludes halogenated alkanes) is 2. The van der Waals surface area contributed by atoms with E-state index in [4.69, 9.17) is 42.7 Å². The first-order valence-corrected chi connectivity index (χ1v) is 20.0. The second kappa shape index (κ2) is 25.1. The van der Waals surface area contributed by atoms with Crippen molar-refractivity contribution < 1.29 is 28.6 Å². The number of nitriles is 1. The van der Waals surface area contributed by atoms with Crippen LogP contribution in [0.1, 0.15) is 48.0 Å². The van der Waals surface area contributed by atoms with Crippen molar-refractivity contribution in [3.8, 4) is 6.07 Å². The van der Waals surface area contributed by atoms with Gasteiger partial charge < -0.3 is 34.6 Å². The second-order valence-corrected chi connectivity index (χ2v) is 14.3. The molecule has 1 fully saturated rings. The molecule has 3 aromatic rings. The maximum absolute atomic E-state index is 12.9. The normalized spacial score (nSPS) is 13.2. The van der Waals surface area contributed by atoms with Crippen molar-refractivity contribution in [1.82, 2.24) is 20.4 Å². The molecule has 0 radical (unpaired) electrons. The maximum Gasteiger partial charge on any atom is 0.251 e. The standard InChI is InChI=1S/C42H54Cl2N6O6/c1-48(32-39(51)46-18-7-25-55-27-29-56-28-26-54-24-5-2-16-45)40(52)15-11-33-10-12-35-31-36(14-13-34(35)30-33)42(53)47-17-3-4-19-49-20-22-50(23-21-49)38-9-6-8-37(43)41(38)44/h6,8-15,30-31H,2-5,7,17-29,32H2,1H3,(H,46,51)(H,47,53)/b15-11+. The van der Waals surface area contributed by atoms with Gasteiger partial charge in [-0.25, -0.2) is 0 Å². The summed E-state index contributed by atoms with van der Waals surface area (Å²) in [4.78, 5) is 44.0. The molecule has 2 N–H and O–H groups in total. The molecule has 1 aliphatic rings. The number of piperazine rings is 1. The van der Waals surface area contributed by atoms with Gasteiger partial charge in [-0.2, -0.15) is 5.26 Å². The zero-order valence-electron chi connectivity index (χ0n) is 32.3. The van der Waals surface area contributed by atoms with E-state index in [0.717, 1.165) is 74.0 Å². The zero-order chi connectivity index (χ0) is 40.0. The Kier molecular flexibility index (Phi) is 20.0. The van der Waals surface area contributed by atoms with Gasteiger partial charge in [-0.1, -0.05) is 47.5 Å². The smallest absolute Gasteiger partial charge is 0.251 e. The third kappa shape index (κ3) is 15.7. The number of rotatable bonds is 24. The van der Waals surface area contributed by atoms with Gasteiger partial charge in [0.05, 0.1) is 54.8 Å². The molecular formula is C42H54Cl2N6O6. The van der Waals surface area contributed by atoms with Crippen molar-refractivity contribution in [2.75, 3.05) is 104 Å². The fourth-order valence-corrected chi connectivity index (χ4v) is 6.48. The predicted octanol–water partition coefficient (Wildman–Crippen LogP) is 5.81. The number of carbonyl (C=O) groups excluding carboxylic acids is 3. The van der Waals surface area contributed by atoms with E-state index in [0.29, 0.717) is 81.2 Å². The lowest BCUT2D eigenvalue weighted by Crippen LogP contribution is -2.46. The number of likely N-dealkylation sites (N-methyl/N-ethyl adjacent to an activating group) is 1. The van der Waals surface area contributed by atoms with E-state index in [1.54, 1.807) is 19.2 Å². The molecule has 302 valence electrons. The number of fused-ring (bicyclic) bond motifs is 1. The molecule has 0 saturated carbocycles. The minimum Gasteiger partial charge on any atom is -0.379 e. The number of anilines is 1. The summed E-state index contributed by atoms with van der Waals surface area (Å²) in [5.74, 6) is -0.632. The number of hydrogen-bond acceptors (Lipinski definition) is 9. The van der Waals surface area contributed by atoms with Crippen molar-refractivity contribution in [2.45, 2.75) is 32.1 Å². The molecule has 0 aliphatic carbocycles. The van der Waals surface area contributed by atoms with Crippen molar-refractivity contribution in [3.05, 3.63) is 81.8 Å². The first kappa shape index (κ1) is 44.5. The van der Waals surface area contributed by atoms with Gasteiger partial charge in [0.1, 0.15) is 0 Å². The summed E-state index contributed by atoms with van der Waals surface area (Å²) >= 11 is 12.6. The fraction of sp³-hybridized carbons (Fsp3) is 0.476. The van der Waals surface area contributed by atoms with E-state index in [1.165, 1.54) is 11.0 Å². The van der Waals surface area contributed by atoms with Crippen LogP contribution < -0.4 is 15.5 Å². The number of halogens is 2. The minimum absolute atomic E-state index is 0.0576. The molecule has 0 unspecified atom stereocenters. The summed E-state index contributed by atoms with van der Waals surface area (Å²) in [6.07, 6.45) is 6.92. The molecule has 1 aliphatic heterocycles. The van der Waals surface area contributed by atoms with Crippen LogP contribution in [0.3, 0.4) is 0 Å². The molecule has 12 nitrogen and oxygen atoms in total. The summed E-state index contributed by atoms with van der Waals surface area (Å²) in [5, 5.41) is 17.4. The Morgan fingerprint density at radius 1 is 0.821 bits per heavy atom. The molecule has 0 spiro atoms. The van der Waals surface area contributed by atoms with Crippen LogP contribution in [-0.2, 0) is 23.8 Å². The van der Waals surface area contributed by atoms with Gasteiger partial charge in [0.15, 0.2) is 0 Å². The lowest BCUT2D eigenvalue weighted by atomic mass is 10.0.